The summed E-state index contributed by atoms with van der Waals surface area (Å²) >= 11 is 0. The Kier molecular flexibility index (Phi) is 0.488. The van der Waals surface area contributed by atoms with Crippen molar-refractivity contribution in [1.29, 1.82) is 0 Å². The van der Waals surface area contributed by atoms with Gasteiger partial charge in [0, 0.05) is 0 Å². The molecule has 0 amide bonds. The molecule has 0 saturated carbocycles. The van der Waals surface area contributed by atoms with Gasteiger partial charge in [0.1, 0.15) is 0 Å². The van der Waals surface area contributed by atoms with Crippen LogP contribution in [0.25, 0.3) is 0 Å². The summed E-state index contributed by atoms with van der Waals surface area (Å²) in [5.41, 5.74) is 0. The van der Waals surface area contributed by atoms with Gasteiger partial charge >= 0.3 is 49.9 Å². The first-order valence-corrected chi connectivity index (χ1v) is 11.0. The molecule has 2 aliphatic rings. The van der Waals surface area contributed by atoms with E-state index in [9.17, 15) is 0 Å². The monoisotopic (exact) mass is 229 g/mol. The van der Waals surface area contributed by atoms with Gasteiger partial charge in [-0.2, -0.15) is 0 Å². The fourth-order valence-electron chi connectivity index (χ4n) is 0.574. The molecule has 3 heteroatoms. The molecule has 0 radical (unpaired) electrons. The van der Waals surface area contributed by atoms with E-state index in [0.29, 0.717) is 0 Å². The quantitative estimate of drug-likeness (QED) is 0.560. The van der Waals surface area contributed by atoms with E-state index in [1.807, 2.05) is 0 Å². The van der Waals surface area contributed by atoms with Crippen LogP contribution in [0.1, 0.15) is 0 Å². The molecule has 2 saturated heterocycles. The topological polar surface area (TPSA) is 0 Å². The summed E-state index contributed by atoms with van der Waals surface area (Å²) < 4.78 is 0. The molecule has 0 aromatic carbocycles. The van der Waals surface area contributed by atoms with Crippen LogP contribution in [0, 0.1) is 0 Å². The molecule has 0 N–H and O–H groups in total. The molecular weight excluding hydrogens is 222 g/mol. The molecule has 0 unspecified atom stereocenters. The van der Waals surface area contributed by atoms with Gasteiger partial charge in [0.05, 0.1) is 0 Å². The standard InChI is InChI=1S/2C2H4.2ClH.Rh/c2*1-2;;;/h2*1-2H2;2*1H;/q;;;;+2/p-2. The fourth-order valence-corrected chi connectivity index (χ4v) is 16.3. The Labute approximate surface area is 49.9 Å². The summed E-state index contributed by atoms with van der Waals surface area (Å²) in [5, 5.41) is 4.77. The first kappa shape index (κ1) is 5.03. The second kappa shape index (κ2) is 0.679. The average Bonchev–Trinajstić information content (AvgIpc) is 2.29. The number of hydrogen-bond acceptors (Lipinski definition) is 0. The zero-order valence-electron chi connectivity index (χ0n) is 3.92. The Morgan fingerprint density at radius 3 is 1.14 bits per heavy atom. The van der Waals surface area contributed by atoms with Crippen molar-refractivity contribution in [3.8, 4) is 0 Å². The van der Waals surface area contributed by atoms with Crippen LogP contribution in [0.5, 0.6) is 0 Å². The molecule has 2 aliphatic heterocycles. The number of rotatable bonds is 0. The molecule has 0 aromatic rings. The molecule has 0 bridgehead atoms. The van der Waals surface area contributed by atoms with Crippen molar-refractivity contribution in [3.63, 3.8) is 0 Å². The average molecular weight is 230 g/mol. The SMILES string of the molecule is [Cl][Rh]12([Cl])([CH2][CH2]1)[CH2][CH2]2. The summed E-state index contributed by atoms with van der Waals surface area (Å²) in [6.45, 7) is 0. The van der Waals surface area contributed by atoms with Crippen LogP contribution in [-0.2, 0) is 10.4 Å². The van der Waals surface area contributed by atoms with Gasteiger partial charge < -0.3 is 0 Å². The Morgan fingerprint density at radius 1 is 0.857 bits per heavy atom. The second-order valence-corrected chi connectivity index (χ2v) is 25.0. The van der Waals surface area contributed by atoms with Crippen LogP contribution in [-0.4, -0.2) is 0 Å². The normalized spacial score (nSPS) is 55.7. The van der Waals surface area contributed by atoms with Gasteiger partial charge in [-0.1, -0.05) is 0 Å². The van der Waals surface area contributed by atoms with E-state index in [0.717, 1.165) is 0 Å². The van der Waals surface area contributed by atoms with E-state index >= 15 is 0 Å². The Balaban J connectivity index is 2.57. The van der Waals surface area contributed by atoms with Crippen molar-refractivity contribution in [1.82, 2.24) is 0 Å². The molecule has 1 spiro atoms. The summed E-state index contributed by atoms with van der Waals surface area (Å²) in [5.74, 6) is 0. The van der Waals surface area contributed by atoms with Crippen LogP contribution >= 0.6 is 19.4 Å². The van der Waals surface area contributed by atoms with Crippen LogP contribution in [0.3, 0.4) is 0 Å². The van der Waals surface area contributed by atoms with Gasteiger partial charge in [-0.05, 0) is 0 Å². The van der Waals surface area contributed by atoms with Crippen molar-refractivity contribution in [2.24, 2.45) is 0 Å². The van der Waals surface area contributed by atoms with Crippen LogP contribution in [0.2, 0.25) is 20.1 Å². The first-order chi connectivity index (χ1) is 2.97. The Hall–Kier alpha value is 1.20. The third-order valence-corrected chi connectivity index (χ3v) is 16.5. The number of halogens is 2. The molecule has 2 rings (SSSR count). The fraction of sp³-hybridized carbons (Fsp3) is 1.00. The first-order valence-electron chi connectivity index (χ1n) is 2.19. The zero-order chi connectivity index (χ0) is 5.24. The van der Waals surface area contributed by atoms with Gasteiger partial charge in [0.25, 0.3) is 0 Å². The van der Waals surface area contributed by atoms with Crippen molar-refractivity contribution in [2.75, 3.05) is 0 Å². The molecule has 2 fully saturated rings. The van der Waals surface area contributed by atoms with E-state index in [-0.39, 0.29) is 0 Å². The maximum absolute atomic E-state index is 6.20. The van der Waals surface area contributed by atoms with Crippen molar-refractivity contribution < 1.29 is 10.4 Å². The minimum atomic E-state index is -2.54. The van der Waals surface area contributed by atoms with Gasteiger partial charge in [-0.15, -0.1) is 0 Å². The van der Waals surface area contributed by atoms with E-state index in [4.69, 9.17) is 19.4 Å². The predicted octanol–water partition coefficient (Wildman–Crippen LogP) is 3.22. The molecule has 2 heterocycles. The van der Waals surface area contributed by atoms with E-state index < -0.39 is 10.4 Å². The van der Waals surface area contributed by atoms with Crippen LogP contribution in [0.15, 0.2) is 0 Å². The maximum atomic E-state index is 6.20. The second-order valence-electron chi connectivity index (χ2n) is 2.43. The van der Waals surface area contributed by atoms with Crippen molar-refractivity contribution >= 4 is 19.4 Å². The molecule has 47 valence electrons. The summed E-state index contributed by atoms with van der Waals surface area (Å²) in [7, 11) is 9.86. The van der Waals surface area contributed by atoms with Gasteiger partial charge in [-0.3, -0.25) is 0 Å². The number of hydrogen-bond donors (Lipinski definition) is 0. The van der Waals surface area contributed by atoms with E-state index in [1.54, 1.807) is 0 Å². The molecular formula is C4H8Cl2Rh. The van der Waals surface area contributed by atoms with Crippen LogP contribution in [0.4, 0.5) is 0 Å². The van der Waals surface area contributed by atoms with Gasteiger partial charge in [0.15, 0.2) is 0 Å². The van der Waals surface area contributed by atoms with E-state index in [1.165, 1.54) is 20.1 Å². The minimum absolute atomic E-state index is 1.19. The zero-order valence-corrected chi connectivity index (χ0v) is 7.07. The summed E-state index contributed by atoms with van der Waals surface area (Å²) in [6, 6.07) is 0. The molecule has 0 atom stereocenters. The Bertz CT molecular complexity index is 124. The predicted molar refractivity (Wildman–Crippen MR) is 30.9 cm³/mol. The van der Waals surface area contributed by atoms with Crippen molar-refractivity contribution in [3.05, 3.63) is 0 Å². The Morgan fingerprint density at radius 2 is 1.14 bits per heavy atom. The molecule has 0 aliphatic carbocycles. The summed E-state index contributed by atoms with van der Waals surface area (Å²) in [6.07, 6.45) is 0. The van der Waals surface area contributed by atoms with Gasteiger partial charge in [0.2, 0.25) is 0 Å². The summed E-state index contributed by atoms with van der Waals surface area (Å²) in [4.78, 5) is 0. The van der Waals surface area contributed by atoms with E-state index in [2.05, 4.69) is 0 Å². The molecule has 0 nitrogen and oxygen atoms in total. The third kappa shape index (κ3) is 0.529. The molecule has 0 aromatic heterocycles. The van der Waals surface area contributed by atoms with Gasteiger partial charge in [-0.25, -0.2) is 0 Å². The third-order valence-electron chi connectivity index (χ3n) is 1.78. The van der Waals surface area contributed by atoms with Crippen molar-refractivity contribution in [2.45, 2.75) is 20.1 Å². The molecule has 7 heavy (non-hydrogen) atoms. The van der Waals surface area contributed by atoms with Crippen LogP contribution < -0.4 is 0 Å².